The minimum atomic E-state index is -0.593. The van der Waals surface area contributed by atoms with Crippen molar-refractivity contribution < 1.29 is 19.7 Å². The highest BCUT2D eigenvalue weighted by Gasteiger charge is 2.11. The van der Waals surface area contributed by atoms with Crippen LogP contribution in [0.25, 0.3) is 0 Å². The third kappa shape index (κ3) is 4.83. The van der Waals surface area contributed by atoms with Crippen LogP contribution in [0.4, 0.5) is 0 Å². The first-order chi connectivity index (χ1) is 9.47. The van der Waals surface area contributed by atoms with Crippen molar-refractivity contribution in [3.63, 3.8) is 0 Å². The number of aliphatic hydroxyl groups excluding tert-OH is 1. The van der Waals surface area contributed by atoms with Gasteiger partial charge in [-0.2, -0.15) is 0 Å². The van der Waals surface area contributed by atoms with Crippen LogP contribution in [0.2, 0.25) is 0 Å². The van der Waals surface area contributed by atoms with E-state index < -0.39 is 6.10 Å². The van der Waals surface area contributed by atoms with Crippen LogP contribution in [0.15, 0.2) is 18.2 Å². The summed E-state index contributed by atoms with van der Waals surface area (Å²) in [6, 6.07) is 4.52. The van der Waals surface area contributed by atoms with Gasteiger partial charge in [0.1, 0.15) is 24.2 Å². The summed E-state index contributed by atoms with van der Waals surface area (Å²) in [6.45, 7) is 7.91. The first kappa shape index (κ1) is 16.5. The Morgan fingerprint density at radius 2 is 2.00 bits per heavy atom. The van der Waals surface area contributed by atoms with Gasteiger partial charge in [-0.3, -0.25) is 4.79 Å². The molecule has 0 aliphatic rings. The second kappa shape index (κ2) is 7.87. The number of phenolic OH excluding ortho intramolecular Hbond substituents is 1. The van der Waals surface area contributed by atoms with Gasteiger partial charge in [0, 0.05) is 12.6 Å². The van der Waals surface area contributed by atoms with Gasteiger partial charge in [0.15, 0.2) is 5.78 Å². The molecule has 0 saturated carbocycles. The number of hydrogen-bond donors (Lipinski definition) is 2. The van der Waals surface area contributed by atoms with E-state index in [4.69, 9.17) is 4.74 Å². The maximum absolute atomic E-state index is 11.2. The van der Waals surface area contributed by atoms with Crippen molar-refractivity contribution in [3.8, 4) is 11.5 Å². The molecule has 1 atom stereocenters. The van der Waals surface area contributed by atoms with E-state index in [1.807, 2.05) is 13.8 Å². The van der Waals surface area contributed by atoms with Gasteiger partial charge in [-0.1, -0.05) is 13.8 Å². The summed E-state index contributed by atoms with van der Waals surface area (Å²) < 4.78 is 5.43. The molecule has 0 bridgehead atoms. The summed E-state index contributed by atoms with van der Waals surface area (Å²) >= 11 is 0. The number of hydrogen-bond acceptors (Lipinski definition) is 5. The van der Waals surface area contributed by atoms with Crippen molar-refractivity contribution in [2.45, 2.75) is 26.9 Å². The first-order valence-corrected chi connectivity index (χ1v) is 6.85. The minimum Gasteiger partial charge on any atom is -0.507 e. The fraction of sp³-hybridized carbons (Fsp3) is 0.533. The molecule has 0 spiro atoms. The highest BCUT2D eigenvalue weighted by Crippen LogP contribution is 2.24. The summed E-state index contributed by atoms with van der Waals surface area (Å²) in [5.74, 6) is 0.134. The molecule has 0 amide bonds. The molecule has 0 heterocycles. The van der Waals surface area contributed by atoms with Crippen molar-refractivity contribution in [1.29, 1.82) is 0 Å². The summed E-state index contributed by atoms with van der Waals surface area (Å²) in [4.78, 5) is 13.3. The number of carbonyl (C=O) groups excluding carboxylic acids is 1. The van der Waals surface area contributed by atoms with Crippen LogP contribution in [-0.2, 0) is 0 Å². The average Bonchev–Trinajstić information content (AvgIpc) is 2.42. The molecule has 0 unspecified atom stereocenters. The minimum absolute atomic E-state index is 0.103. The lowest BCUT2D eigenvalue weighted by atomic mass is 10.1. The molecule has 0 fully saturated rings. The number of carbonyl (C=O) groups is 1. The molecule has 0 saturated heterocycles. The van der Waals surface area contributed by atoms with Crippen LogP contribution >= 0.6 is 0 Å². The molecule has 0 aliphatic heterocycles. The van der Waals surface area contributed by atoms with Crippen LogP contribution in [-0.4, -0.2) is 53.2 Å². The van der Waals surface area contributed by atoms with Crippen molar-refractivity contribution in [2.75, 3.05) is 26.2 Å². The number of rotatable bonds is 8. The molecule has 0 aromatic heterocycles. The van der Waals surface area contributed by atoms with E-state index in [9.17, 15) is 15.0 Å². The Kier molecular flexibility index (Phi) is 6.48. The van der Waals surface area contributed by atoms with Gasteiger partial charge >= 0.3 is 0 Å². The Morgan fingerprint density at radius 3 is 2.50 bits per heavy atom. The lowest BCUT2D eigenvalue weighted by molar-refractivity contribution is 0.0715. The van der Waals surface area contributed by atoms with Crippen molar-refractivity contribution in [2.24, 2.45) is 0 Å². The lowest BCUT2D eigenvalue weighted by Crippen LogP contribution is -2.35. The molecule has 0 aliphatic carbocycles. The zero-order valence-electron chi connectivity index (χ0n) is 12.3. The van der Waals surface area contributed by atoms with E-state index in [0.29, 0.717) is 12.3 Å². The number of Topliss-reactive ketones (excluding diaryl/α,β-unsaturated/α-hetero) is 1. The van der Waals surface area contributed by atoms with E-state index in [0.717, 1.165) is 13.1 Å². The largest absolute Gasteiger partial charge is 0.507 e. The molecule has 0 radical (unpaired) electrons. The third-order valence-corrected chi connectivity index (χ3v) is 3.15. The molecule has 1 rings (SSSR count). The van der Waals surface area contributed by atoms with Crippen molar-refractivity contribution in [3.05, 3.63) is 23.8 Å². The zero-order chi connectivity index (χ0) is 15.1. The Labute approximate surface area is 119 Å². The number of likely N-dealkylation sites (N-methyl/N-ethyl adjacent to an activating group) is 1. The maximum atomic E-state index is 11.2. The standard InChI is InChI=1S/C15H23NO4/c1-4-16(5-2)9-12(18)10-20-13-6-7-14(11(3)17)15(19)8-13/h6-8,12,18-19H,4-5,9-10H2,1-3H3/t12-/m0/s1. The molecular weight excluding hydrogens is 258 g/mol. The Balaban J connectivity index is 2.53. The van der Waals surface area contributed by atoms with Crippen LogP contribution < -0.4 is 4.74 Å². The van der Waals surface area contributed by atoms with E-state index in [1.165, 1.54) is 19.1 Å². The van der Waals surface area contributed by atoms with Crippen LogP contribution in [0, 0.1) is 0 Å². The van der Waals surface area contributed by atoms with Crippen molar-refractivity contribution >= 4 is 5.78 Å². The monoisotopic (exact) mass is 281 g/mol. The van der Waals surface area contributed by atoms with Gasteiger partial charge in [-0.25, -0.2) is 0 Å². The molecule has 5 heteroatoms. The predicted molar refractivity (Wildman–Crippen MR) is 77.4 cm³/mol. The lowest BCUT2D eigenvalue weighted by Gasteiger charge is -2.22. The van der Waals surface area contributed by atoms with Gasteiger partial charge < -0.3 is 19.8 Å². The predicted octanol–water partition coefficient (Wildman–Crippen LogP) is 1.68. The molecule has 112 valence electrons. The van der Waals surface area contributed by atoms with E-state index >= 15 is 0 Å². The molecule has 5 nitrogen and oxygen atoms in total. The third-order valence-electron chi connectivity index (χ3n) is 3.15. The Bertz CT molecular complexity index is 443. The van der Waals surface area contributed by atoms with Gasteiger partial charge in [0.05, 0.1) is 5.56 Å². The maximum Gasteiger partial charge on any atom is 0.163 e. The molecule has 1 aromatic rings. The number of nitrogens with zero attached hydrogens (tertiary/aromatic N) is 1. The first-order valence-electron chi connectivity index (χ1n) is 6.85. The summed E-state index contributed by atoms with van der Waals surface area (Å²) in [5, 5.41) is 19.5. The topological polar surface area (TPSA) is 70.0 Å². The van der Waals surface area contributed by atoms with E-state index in [-0.39, 0.29) is 23.7 Å². The van der Waals surface area contributed by atoms with Gasteiger partial charge in [0.2, 0.25) is 0 Å². The average molecular weight is 281 g/mol. The van der Waals surface area contributed by atoms with Crippen LogP contribution in [0.3, 0.4) is 0 Å². The molecular formula is C15H23NO4. The van der Waals surface area contributed by atoms with Crippen LogP contribution in [0.5, 0.6) is 11.5 Å². The summed E-state index contributed by atoms with van der Waals surface area (Å²) in [6.07, 6.45) is -0.593. The Morgan fingerprint density at radius 1 is 1.35 bits per heavy atom. The highest BCUT2D eigenvalue weighted by atomic mass is 16.5. The number of aromatic hydroxyl groups is 1. The second-order valence-corrected chi connectivity index (χ2v) is 4.69. The van der Waals surface area contributed by atoms with E-state index in [1.54, 1.807) is 6.07 Å². The summed E-state index contributed by atoms with van der Waals surface area (Å²) in [5.41, 5.74) is 0.265. The number of ether oxygens (including phenoxy) is 1. The molecule has 2 N–H and O–H groups in total. The van der Waals surface area contributed by atoms with Gasteiger partial charge in [-0.05, 0) is 32.1 Å². The fourth-order valence-electron chi connectivity index (χ4n) is 1.92. The quantitative estimate of drug-likeness (QED) is 0.709. The number of aliphatic hydroxyl groups is 1. The normalized spacial score (nSPS) is 12.4. The number of phenols is 1. The van der Waals surface area contributed by atoms with Crippen LogP contribution in [0.1, 0.15) is 31.1 Å². The highest BCUT2D eigenvalue weighted by molar-refractivity contribution is 5.96. The second-order valence-electron chi connectivity index (χ2n) is 4.69. The zero-order valence-corrected chi connectivity index (χ0v) is 12.3. The molecule has 20 heavy (non-hydrogen) atoms. The number of benzene rings is 1. The summed E-state index contributed by atoms with van der Waals surface area (Å²) in [7, 11) is 0. The van der Waals surface area contributed by atoms with Gasteiger partial charge in [-0.15, -0.1) is 0 Å². The Hall–Kier alpha value is -1.59. The SMILES string of the molecule is CCN(CC)C[C@H](O)COc1ccc(C(C)=O)c(O)c1. The smallest absolute Gasteiger partial charge is 0.163 e. The molecule has 1 aromatic carbocycles. The van der Waals surface area contributed by atoms with E-state index in [2.05, 4.69) is 4.90 Å². The van der Waals surface area contributed by atoms with Gasteiger partial charge in [0.25, 0.3) is 0 Å². The number of ketones is 1. The fourth-order valence-corrected chi connectivity index (χ4v) is 1.92. The van der Waals surface area contributed by atoms with Crippen molar-refractivity contribution in [1.82, 2.24) is 4.90 Å².